The van der Waals surface area contributed by atoms with Crippen molar-refractivity contribution in [2.75, 3.05) is 43.6 Å². The standard InChI is InChI=1S/C13H18N2O2.C12H9NO/c1-10(16)12-4-3-11(9-13(12)14-2)15-5-7-17-8-6-15;14-9-10-6-12(8-13-7-10)11-4-2-1-3-5-11/h3-4,9,14H,5-8H2,1-2H3;1-9H. The van der Waals surface area contributed by atoms with Crippen LogP contribution in [0.4, 0.5) is 11.4 Å². The van der Waals surface area contributed by atoms with E-state index in [1.54, 1.807) is 19.3 Å². The Bertz CT molecular complexity index is 1020. The zero-order valence-corrected chi connectivity index (χ0v) is 17.9. The summed E-state index contributed by atoms with van der Waals surface area (Å²) in [6.45, 7) is 4.93. The van der Waals surface area contributed by atoms with E-state index < -0.39 is 0 Å². The van der Waals surface area contributed by atoms with Gasteiger partial charge in [-0.15, -0.1) is 0 Å². The summed E-state index contributed by atoms with van der Waals surface area (Å²) >= 11 is 0. The monoisotopic (exact) mass is 417 g/mol. The van der Waals surface area contributed by atoms with E-state index in [0.29, 0.717) is 5.56 Å². The molecule has 0 unspecified atom stereocenters. The number of pyridine rings is 1. The second-order valence-electron chi connectivity index (χ2n) is 7.13. The van der Waals surface area contributed by atoms with Gasteiger partial charge in [0.05, 0.1) is 13.2 Å². The number of ether oxygens (including phenoxy) is 1. The summed E-state index contributed by atoms with van der Waals surface area (Å²) in [4.78, 5) is 28.3. The van der Waals surface area contributed by atoms with E-state index in [4.69, 9.17) is 4.74 Å². The molecule has 0 aliphatic carbocycles. The van der Waals surface area contributed by atoms with Crippen LogP contribution in [-0.2, 0) is 4.74 Å². The van der Waals surface area contributed by atoms with Crippen molar-refractivity contribution in [2.24, 2.45) is 0 Å². The molecular formula is C25H27N3O3. The highest BCUT2D eigenvalue weighted by atomic mass is 16.5. The van der Waals surface area contributed by atoms with E-state index >= 15 is 0 Å². The molecule has 0 spiro atoms. The van der Waals surface area contributed by atoms with Crippen LogP contribution in [0.5, 0.6) is 0 Å². The fourth-order valence-corrected chi connectivity index (χ4v) is 3.37. The zero-order chi connectivity index (χ0) is 22.1. The summed E-state index contributed by atoms with van der Waals surface area (Å²) in [6, 6.07) is 17.6. The van der Waals surface area contributed by atoms with Gasteiger partial charge in [-0.3, -0.25) is 14.6 Å². The van der Waals surface area contributed by atoms with Crippen LogP contribution < -0.4 is 10.2 Å². The molecule has 4 rings (SSSR count). The highest BCUT2D eigenvalue weighted by Crippen LogP contribution is 2.24. The van der Waals surface area contributed by atoms with Crippen molar-refractivity contribution >= 4 is 23.4 Å². The van der Waals surface area contributed by atoms with Crippen LogP contribution in [0.15, 0.2) is 67.0 Å². The number of nitrogens with zero attached hydrogens (tertiary/aromatic N) is 2. The first kappa shape index (κ1) is 22.2. The number of ketones is 1. The molecule has 1 aromatic heterocycles. The lowest BCUT2D eigenvalue weighted by Crippen LogP contribution is -2.36. The molecule has 6 heteroatoms. The van der Waals surface area contributed by atoms with Crippen LogP contribution in [-0.4, -0.2) is 50.4 Å². The van der Waals surface area contributed by atoms with Crippen molar-refractivity contribution in [2.45, 2.75) is 6.92 Å². The van der Waals surface area contributed by atoms with Crippen molar-refractivity contribution in [1.29, 1.82) is 0 Å². The van der Waals surface area contributed by atoms with E-state index in [1.807, 2.05) is 61.6 Å². The smallest absolute Gasteiger partial charge is 0.161 e. The van der Waals surface area contributed by atoms with Gasteiger partial charge in [0.1, 0.15) is 0 Å². The minimum Gasteiger partial charge on any atom is -0.387 e. The van der Waals surface area contributed by atoms with Crippen LogP contribution in [0, 0.1) is 0 Å². The first-order valence-electron chi connectivity index (χ1n) is 10.2. The minimum atomic E-state index is 0.0860. The topological polar surface area (TPSA) is 71.5 Å². The van der Waals surface area contributed by atoms with Gasteiger partial charge in [0.2, 0.25) is 0 Å². The lowest BCUT2D eigenvalue weighted by Gasteiger charge is -2.29. The molecule has 6 nitrogen and oxygen atoms in total. The second kappa shape index (κ2) is 11.0. The molecule has 3 aromatic rings. The van der Waals surface area contributed by atoms with Crippen LogP contribution in [0.2, 0.25) is 0 Å². The van der Waals surface area contributed by atoms with Gasteiger partial charge in [0.25, 0.3) is 0 Å². The van der Waals surface area contributed by atoms with Crippen LogP contribution in [0.25, 0.3) is 11.1 Å². The second-order valence-corrected chi connectivity index (χ2v) is 7.13. The van der Waals surface area contributed by atoms with Gasteiger partial charge in [-0.1, -0.05) is 30.3 Å². The Morgan fingerprint density at radius 1 is 1.03 bits per heavy atom. The van der Waals surface area contributed by atoms with E-state index in [2.05, 4.69) is 15.2 Å². The molecule has 2 heterocycles. The van der Waals surface area contributed by atoms with E-state index in [1.165, 1.54) is 0 Å². The van der Waals surface area contributed by atoms with Crippen LogP contribution in [0.3, 0.4) is 0 Å². The average molecular weight is 418 g/mol. The Kier molecular flexibility index (Phi) is 7.90. The van der Waals surface area contributed by atoms with E-state index in [0.717, 1.165) is 60.7 Å². The maximum Gasteiger partial charge on any atom is 0.161 e. The summed E-state index contributed by atoms with van der Waals surface area (Å²) in [5.74, 6) is 0.0860. The summed E-state index contributed by atoms with van der Waals surface area (Å²) in [5.41, 5.74) is 5.42. The minimum absolute atomic E-state index is 0.0860. The number of hydrogen-bond acceptors (Lipinski definition) is 6. The number of carbonyl (C=O) groups excluding carboxylic acids is 2. The molecule has 160 valence electrons. The van der Waals surface area contributed by atoms with Crippen molar-refractivity contribution in [1.82, 2.24) is 4.98 Å². The summed E-state index contributed by atoms with van der Waals surface area (Å²) in [7, 11) is 1.84. The SMILES string of the molecule is CNc1cc(N2CCOCC2)ccc1C(C)=O.O=Cc1cncc(-c2ccccc2)c1. The Hall–Kier alpha value is -3.51. The highest BCUT2D eigenvalue weighted by molar-refractivity contribution is 6.00. The lowest BCUT2D eigenvalue weighted by molar-refractivity contribution is 0.101. The largest absolute Gasteiger partial charge is 0.387 e. The Labute approximate surface area is 182 Å². The third-order valence-corrected chi connectivity index (χ3v) is 5.03. The molecule has 31 heavy (non-hydrogen) atoms. The van der Waals surface area contributed by atoms with Gasteiger partial charge in [0.15, 0.2) is 12.1 Å². The number of rotatable bonds is 5. The number of carbonyl (C=O) groups is 2. The number of nitrogens with one attached hydrogen (secondary N) is 1. The predicted molar refractivity (Wildman–Crippen MR) is 124 cm³/mol. The van der Waals surface area contributed by atoms with Gasteiger partial charge in [0, 0.05) is 60.6 Å². The summed E-state index contributed by atoms with van der Waals surface area (Å²) in [6.07, 6.45) is 4.11. The maximum atomic E-state index is 11.4. The van der Waals surface area contributed by atoms with Gasteiger partial charge in [-0.2, -0.15) is 0 Å². The van der Waals surface area contributed by atoms with Crippen LogP contribution in [0.1, 0.15) is 27.6 Å². The molecule has 0 bridgehead atoms. The quantitative estimate of drug-likeness (QED) is 0.492. The number of hydrogen-bond donors (Lipinski definition) is 1. The zero-order valence-electron chi connectivity index (χ0n) is 17.9. The fraction of sp³-hybridized carbons (Fsp3) is 0.240. The first-order chi connectivity index (χ1) is 15.1. The Balaban J connectivity index is 0.000000179. The molecule has 1 aliphatic rings. The maximum absolute atomic E-state index is 11.4. The molecule has 2 aromatic carbocycles. The Morgan fingerprint density at radius 2 is 1.77 bits per heavy atom. The van der Waals surface area contributed by atoms with Gasteiger partial charge >= 0.3 is 0 Å². The fourth-order valence-electron chi connectivity index (χ4n) is 3.37. The molecule has 1 N–H and O–H groups in total. The van der Waals surface area contributed by atoms with Gasteiger partial charge < -0.3 is 15.0 Å². The molecular weight excluding hydrogens is 390 g/mol. The lowest BCUT2D eigenvalue weighted by atomic mass is 10.1. The molecule has 0 atom stereocenters. The number of benzene rings is 2. The van der Waals surface area contributed by atoms with Crippen molar-refractivity contribution < 1.29 is 14.3 Å². The highest BCUT2D eigenvalue weighted by Gasteiger charge is 2.14. The summed E-state index contributed by atoms with van der Waals surface area (Å²) < 4.78 is 5.33. The van der Waals surface area contributed by atoms with E-state index in [9.17, 15) is 9.59 Å². The molecule has 0 saturated carbocycles. The van der Waals surface area contributed by atoms with Crippen molar-refractivity contribution in [3.8, 4) is 11.1 Å². The van der Waals surface area contributed by atoms with Crippen LogP contribution >= 0.6 is 0 Å². The normalized spacial score (nSPS) is 13.0. The van der Waals surface area contributed by atoms with Gasteiger partial charge in [-0.05, 0) is 36.8 Å². The molecule has 0 radical (unpaired) electrons. The number of anilines is 2. The Morgan fingerprint density at radius 3 is 2.42 bits per heavy atom. The van der Waals surface area contributed by atoms with Crippen molar-refractivity contribution in [3.05, 3.63) is 78.1 Å². The number of aldehydes is 1. The third-order valence-electron chi connectivity index (χ3n) is 5.03. The summed E-state index contributed by atoms with van der Waals surface area (Å²) in [5, 5.41) is 3.08. The number of Topliss-reactive ketones (excluding diaryl/α,β-unsaturated/α-hetero) is 1. The molecule has 1 fully saturated rings. The number of morpholine rings is 1. The predicted octanol–water partition coefficient (Wildman–Crippen LogP) is 4.33. The van der Waals surface area contributed by atoms with E-state index in [-0.39, 0.29) is 5.78 Å². The average Bonchev–Trinajstić information content (AvgIpc) is 2.85. The number of aromatic nitrogens is 1. The van der Waals surface area contributed by atoms with Gasteiger partial charge in [-0.25, -0.2) is 0 Å². The molecule has 1 aliphatic heterocycles. The third kappa shape index (κ3) is 5.99. The first-order valence-corrected chi connectivity index (χ1v) is 10.2. The molecule has 0 amide bonds. The molecule has 1 saturated heterocycles. The van der Waals surface area contributed by atoms with Crippen molar-refractivity contribution in [3.63, 3.8) is 0 Å².